The van der Waals surface area contributed by atoms with E-state index in [9.17, 15) is 0 Å². The molecule has 29 heavy (non-hydrogen) atoms. The molecule has 4 nitrogen and oxygen atoms in total. The van der Waals surface area contributed by atoms with E-state index in [1.54, 1.807) is 0 Å². The lowest BCUT2D eigenvalue weighted by atomic mass is 9.91. The Kier molecular flexibility index (Phi) is 3.07. The normalized spacial score (nSPS) is 26.3. The molecule has 0 N–H and O–H groups in total. The molecule has 0 spiro atoms. The third-order valence-electron chi connectivity index (χ3n) is 7.83. The largest absolute Gasteiger partial charge is 0.323 e. The highest BCUT2D eigenvalue weighted by Gasteiger charge is 2.46. The van der Waals surface area contributed by atoms with Crippen molar-refractivity contribution >= 4 is 22.7 Å². The molecule has 2 unspecified atom stereocenters. The maximum absolute atomic E-state index is 2.65. The summed E-state index contributed by atoms with van der Waals surface area (Å²) in [6, 6.07) is 13.9. The van der Waals surface area contributed by atoms with Crippen LogP contribution in [0.15, 0.2) is 48.0 Å². The zero-order chi connectivity index (χ0) is 19.3. The van der Waals surface area contributed by atoms with Crippen LogP contribution in [0, 0.1) is 0 Å². The smallest absolute Gasteiger partial charge is 0.156 e. The standard InChI is InChI=1S/C25H28N4/c1-16-10-14-28-22-18(16)6-3-8-20(22)26-12-5-13-27-21-9-4-7-19-17(2)11-15-29(23(19)21)25(27)24(26)28/h3-4,6-9,16-17H,5,10-15H2,1-2H3. The molecular formula is C25H28N4. The van der Waals surface area contributed by atoms with Gasteiger partial charge in [0, 0.05) is 26.2 Å². The van der Waals surface area contributed by atoms with Crippen LogP contribution in [0.3, 0.4) is 0 Å². The molecule has 5 heterocycles. The number of hydrogen-bond donors (Lipinski definition) is 0. The molecule has 2 aromatic rings. The lowest BCUT2D eigenvalue weighted by Crippen LogP contribution is -2.39. The highest BCUT2D eigenvalue weighted by atomic mass is 15.5. The van der Waals surface area contributed by atoms with Crippen molar-refractivity contribution < 1.29 is 0 Å². The van der Waals surface area contributed by atoms with Gasteiger partial charge in [0.25, 0.3) is 0 Å². The highest BCUT2D eigenvalue weighted by Crippen LogP contribution is 2.56. The van der Waals surface area contributed by atoms with E-state index in [0.29, 0.717) is 11.8 Å². The van der Waals surface area contributed by atoms with Gasteiger partial charge in [-0.2, -0.15) is 0 Å². The number of rotatable bonds is 0. The molecule has 5 aliphatic rings. The number of anilines is 4. The van der Waals surface area contributed by atoms with Crippen molar-refractivity contribution in [3.05, 3.63) is 59.2 Å². The lowest BCUT2D eigenvalue weighted by molar-refractivity contribution is 0.627. The van der Waals surface area contributed by atoms with E-state index in [-0.39, 0.29) is 0 Å². The number of hydrogen-bond acceptors (Lipinski definition) is 4. The van der Waals surface area contributed by atoms with Crippen LogP contribution in [0.4, 0.5) is 22.7 Å². The van der Waals surface area contributed by atoms with Gasteiger partial charge in [0.15, 0.2) is 11.6 Å². The third-order valence-corrected chi connectivity index (χ3v) is 7.83. The fourth-order valence-electron chi connectivity index (χ4n) is 6.36. The van der Waals surface area contributed by atoms with Crippen molar-refractivity contribution in [1.29, 1.82) is 0 Å². The quantitative estimate of drug-likeness (QED) is 0.620. The van der Waals surface area contributed by atoms with E-state index in [1.165, 1.54) is 64.8 Å². The monoisotopic (exact) mass is 384 g/mol. The maximum Gasteiger partial charge on any atom is 0.156 e. The van der Waals surface area contributed by atoms with Crippen LogP contribution < -0.4 is 19.6 Å². The Morgan fingerprint density at radius 3 is 1.59 bits per heavy atom. The van der Waals surface area contributed by atoms with Gasteiger partial charge in [0.05, 0.1) is 22.7 Å². The van der Waals surface area contributed by atoms with Crippen LogP contribution in [-0.4, -0.2) is 26.2 Å². The zero-order valence-corrected chi connectivity index (χ0v) is 17.4. The summed E-state index contributed by atoms with van der Waals surface area (Å²) in [7, 11) is 0. The zero-order valence-electron chi connectivity index (χ0n) is 17.4. The predicted octanol–water partition coefficient (Wildman–Crippen LogP) is 5.18. The highest BCUT2D eigenvalue weighted by molar-refractivity contribution is 5.92. The molecule has 5 aliphatic heterocycles. The molecule has 2 aromatic carbocycles. The van der Waals surface area contributed by atoms with E-state index >= 15 is 0 Å². The van der Waals surface area contributed by atoms with Gasteiger partial charge in [0.2, 0.25) is 0 Å². The molecule has 0 saturated carbocycles. The summed E-state index contributed by atoms with van der Waals surface area (Å²) in [5, 5.41) is 0. The summed E-state index contributed by atoms with van der Waals surface area (Å²) in [5.74, 6) is 4.17. The average molecular weight is 385 g/mol. The molecule has 0 bridgehead atoms. The Morgan fingerprint density at radius 1 is 0.621 bits per heavy atom. The summed E-state index contributed by atoms with van der Waals surface area (Å²) >= 11 is 0. The molecule has 0 amide bonds. The van der Waals surface area contributed by atoms with Crippen LogP contribution >= 0.6 is 0 Å². The van der Waals surface area contributed by atoms with Crippen molar-refractivity contribution in [2.75, 3.05) is 45.8 Å². The molecule has 0 radical (unpaired) electrons. The van der Waals surface area contributed by atoms with Crippen LogP contribution in [0.5, 0.6) is 0 Å². The first-order valence-electron chi connectivity index (χ1n) is 11.3. The van der Waals surface area contributed by atoms with Crippen molar-refractivity contribution in [3.8, 4) is 0 Å². The van der Waals surface area contributed by atoms with E-state index in [1.807, 2.05) is 0 Å². The Labute approximate surface area is 173 Å². The molecule has 7 rings (SSSR count). The van der Waals surface area contributed by atoms with E-state index in [4.69, 9.17) is 0 Å². The molecule has 0 fully saturated rings. The van der Waals surface area contributed by atoms with E-state index in [2.05, 4.69) is 69.8 Å². The van der Waals surface area contributed by atoms with E-state index in [0.717, 1.165) is 26.2 Å². The third kappa shape index (κ3) is 1.90. The average Bonchev–Trinajstić information content (AvgIpc) is 3.14. The minimum absolute atomic E-state index is 0.648. The van der Waals surface area contributed by atoms with Gasteiger partial charge in [-0.25, -0.2) is 0 Å². The second-order valence-electron chi connectivity index (χ2n) is 9.42. The Balaban J connectivity index is 1.50. The van der Waals surface area contributed by atoms with Crippen molar-refractivity contribution in [1.82, 2.24) is 0 Å². The number of benzene rings is 2. The van der Waals surface area contributed by atoms with Crippen LogP contribution in [-0.2, 0) is 0 Å². The minimum atomic E-state index is 0.648. The Bertz CT molecular complexity index is 987. The van der Waals surface area contributed by atoms with Crippen molar-refractivity contribution in [2.24, 2.45) is 0 Å². The number of nitrogens with zero attached hydrogens (tertiary/aromatic N) is 4. The maximum atomic E-state index is 2.65. The van der Waals surface area contributed by atoms with Crippen molar-refractivity contribution in [3.63, 3.8) is 0 Å². The van der Waals surface area contributed by atoms with E-state index < -0.39 is 0 Å². The van der Waals surface area contributed by atoms with Crippen LogP contribution in [0.1, 0.15) is 56.1 Å². The van der Waals surface area contributed by atoms with Gasteiger partial charge in [-0.1, -0.05) is 38.1 Å². The first-order valence-corrected chi connectivity index (χ1v) is 11.3. The molecule has 0 saturated heterocycles. The van der Waals surface area contributed by atoms with Crippen LogP contribution in [0.25, 0.3) is 0 Å². The molecule has 2 atom stereocenters. The topological polar surface area (TPSA) is 13.0 Å². The first kappa shape index (κ1) is 16.2. The molecule has 0 aromatic heterocycles. The second-order valence-corrected chi connectivity index (χ2v) is 9.42. The van der Waals surface area contributed by atoms with Gasteiger partial charge >= 0.3 is 0 Å². The summed E-state index contributed by atoms with van der Waals surface area (Å²) in [6.45, 7) is 9.25. The SMILES string of the molecule is CC1CCN2C3=C4N(CCCN3c3cccc1c32)c1cccc2c1N4CCC2C. The lowest BCUT2D eigenvalue weighted by Gasteiger charge is -2.36. The number of para-hydroxylation sites is 2. The van der Waals surface area contributed by atoms with Gasteiger partial charge in [-0.05, 0) is 54.4 Å². The first-order chi connectivity index (χ1) is 14.2. The molecular weight excluding hydrogens is 356 g/mol. The van der Waals surface area contributed by atoms with Gasteiger partial charge in [-0.3, -0.25) is 0 Å². The molecule has 0 aliphatic carbocycles. The van der Waals surface area contributed by atoms with Gasteiger partial charge in [-0.15, -0.1) is 0 Å². The Hall–Kier alpha value is -2.62. The minimum Gasteiger partial charge on any atom is -0.323 e. The summed E-state index contributed by atoms with van der Waals surface area (Å²) < 4.78 is 0. The molecule has 148 valence electrons. The molecule has 4 heteroatoms. The summed E-state index contributed by atoms with van der Waals surface area (Å²) in [5.41, 5.74) is 8.89. The fraction of sp³-hybridized carbons (Fsp3) is 0.440. The Morgan fingerprint density at radius 2 is 1.10 bits per heavy atom. The number of fused-ring (bicyclic) bond motifs is 6. The van der Waals surface area contributed by atoms with Gasteiger partial charge in [0.1, 0.15) is 0 Å². The second kappa shape index (κ2) is 5.50. The van der Waals surface area contributed by atoms with Crippen molar-refractivity contribution in [2.45, 2.75) is 44.9 Å². The summed E-state index contributed by atoms with van der Waals surface area (Å²) in [6.07, 6.45) is 3.65. The fourth-order valence-corrected chi connectivity index (χ4v) is 6.36. The van der Waals surface area contributed by atoms with Gasteiger partial charge < -0.3 is 19.6 Å². The van der Waals surface area contributed by atoms with Crippen LogP contribution in [0.2, 0.25) is 0 Å². The predicted molar refractivity (Wildman–Crippen MR) is 120 cm³/mol. The summed E-state index contributed by atoms with van der Waals surface area (Å²) in [4.78, 5) is 10.6.